The highest BCUT2D eigenvalue weighted by atomic mass is 16.2. The Bertz CT molecular complexity index is 562. The van der Waals surface area contributed by atoms with Gasteiger partial charge in [-0.2, -0.15) is 0 Å². The largest absolute Gasteiger partial charge is 0.293 e. The van der Waals surface area contributed by atoms with Crippen molar-refractivity contribution in [3.8, 4) is 0 Å². The summed E-state index contributed by atoms with van der Waals surface area (Å²) in [4.78, 5) is 36.5. The molecule has 0 fully saturated rings. The molecule has 0 amide bonds. The number of fused-ring (bicyclic) bond motifs is 1. The molecule has 0 saturated carbocycles. The lowest BCUT2D eigenvalue weighted by atomic mass is 9.68. The van der Waals surface area contributed by atoms with Crippen molar-refractivity contribution in [2.45, 2.75) is 27.7 Å². The maximum Gasteiger partial charge on any atom is 0.230 e. The Hall–Kier alpha value is -1.77. The average molecular weight is 244 g/mol. The fraction of sp³-hybridized carbons (Fsp3) is 0.400. The quantitative estimate of drug-likeness (QED) is 0.520. The molecule has 1 aromatic rings. The van der Waals surface area contributed by atoms with Gasteiger partial charge in [0.15, 0.2) is 5.78 Å². The molecular formula is C15H16O3. The van der Waals surface area contributed by atoms with Crippen LogP contribution in [0.25, 0.3) is 0 Å². The normalized spacial score (nSPS) is 20.0. The second-order valence-electron chi connectivity index (χ2n) is 5.91. The minimum atomic E-state index is -0.862. The summed E-state index contributed by atoms with van der Waals surface area (Å²) in [5, 5.41) is 0. The van der Waals surface area contributed by atoms with Gasteiger partial charge >= 0.3 is 0 Å². The summed E-state index contributed by atoms with van der Waals surface area (Å²) in [7, 11) is 0. The Kier molecular flexibility index (Phi) is 2.73. The first kappa shape index (κ1) is 12.7. The number of hydrogen-bond acceptors (Lipinski definition) is 3. The van der Waals surface area contributed by atoms with Gasteiger partial charge in [-0.3, -0.25) is 14.4 Å². The van der Waals surface area contributed by atoms with Crippen molar-refractivity contribution in [1.82, 2.24) is 0 Å². The average Bonchev–Trinajstić information content (AvgIpc) is 2.24. The molecule has 0 N–H and O–H groups in total. The van der Waals surface area contributed by atoms with Crippen LogP contribution in [0, 0.1) is 18.3 Å². The van der Waals surface area contributed by atoms with Crippen LogP contribution in [-0.2, 0) is 4.79 Å². The maximum atomic E-state index is 12.4. The van der Waals surface area contributed by atoms with E-state index in [1.54, 1.807) is 18.2 Å². The van der Waals surface area contributed by atoms with Gasteiger partial charge in [0.1, 0.15) is 0 Å². The molecular weight excluding hydrogens is 228 g/mol. The smallest absolute Gasteiger partial charge is 0.230 e. The van der Waals surface area contributed by atoms with Gasteiger partial charge in [0.25, 0.3) is 0 Å². The molecule has 3 heteroatoms. The third-order valence-electron chi connectivity index (χ3n) is 3.30. The third-order valence-corrected chi connectivity index (χ3v) is 3.30. The number of Topliss-reactive ketones (excluding diaryl/α,β-unsaturated/α-hetero) is 3. The first-order chi connectivity index (χ1) is 8.23. The van der Waals surface area contributed by atoms with Gasteiger partial charge in [-0.15, -0.1) is 0 Å². The zero-order valence-corrected chi connectivity index (χ0v) is 11.0. The van der Waals surface area contributed by atoms with Crippen LogP contribution in [0.4, 0.5) is 0 Å². The molecule has 0 radical (unpaired) electrons. The number of carbonyl (C=O) groups is 3. The molecule has 18 heavy (non-hydrogen) atoms. The van der Waals surface area contributed by atoms with Crippen LogP contribution in [0.3, 0.4) is 0 Å². The summed E-state index contributed by atoms with van der Waals surface area (Å²) in [5.74, 6) is -2.21. The summed E-state index contributed by atoms with van der Waals surface area (Å²) >= 11 is 0. The fourth-order valence-corrected chi connectivity index (χ4v) is 2.38. The van der Waals surface area contributed by atoms with Crippen LogP contribution in [-0.4, -0.2) is 17.3 Å². The predicted molar refractivity (Wildman–Crippen MR) is 67.8 cm³/mol. The Labute approximate surface area is 106 Å². The van der Waals surface area contributed by atoms with E-state index in [9.17, 15) is 14.4 Å². The molecule has 1 atom stereocenters. The molecule has 0 aromatic heterocycles. The van der Waals surface area contributed by atoms with Gasteiger partial charge in [0.05, 0.1) is 5.92 Å². The summed E-state index contributed by atoms with van der Waals surface area (Å²) in [6, 6.07) is 5.01. The lowest BCUT2D eigenvalue weighted by molar-refractivity contribution is -0.120. The lowest BCUT2D eigenvalue weighted by Crippen LogP contribution is -2.44. The summed E-state index contributed by atoms with van der Waals surface area (Å²) in [6.07, 6.45) is 0. The maximum absolute atomic E-state index is 12.4. The summed E-state index contributed by atoms with van der Waals surface area (Å²) < 4.78 is 0. The molecule has 0 heterocycles. The summed E-state index contributed by atoms with van der Waals surface area (Å²) in [6.45, 7) is 7.28. The molecule has 1 aliphatic rings. The van der Waals surface area contributed by atoms with E-state index in [1.807, 2.05) is 27.7 Å². The molecule has 94 valence electrons. The van der Waals surface area contributed by atoms with Crippen molar-refractivity contribution in [3.63, 3.8) is 0 Å². The number of hydrogen-bond donors (Lipinski definition) is 0. The highest BCUT2D eigenvalue weighted by Crippen LogP contribution is 2.35. The van der Waals surface area contributed by atoms with E-state index in [2.05, 4.69) is 0 Å². The second-order valence-corrected chi connectivity index (χ2v) is 5.91. The van der Waals surface area contributed by atoms with Crippen molar-refractivity contribution in [3.05, 3.63) is 34.9 Å². The number of carbonyl (C=O) groups excluding carboxylic acids is 3. The van der Waals surface area contributed by atoms with Gasteiger partial charge in [-0.05, 0) is 24.5 Å². The van der Waals surface area contributed by atoms with E-state index >= 15 is 0 Å². The van der Waals surface area contributed by atoms with Crippen LogP contribution >= 0.6 is 0 Å². The second kappa shape index (κ2) is 3.87. The van der Waals surface area contributed by atoms with E-state index < -0.39 is 22.9 Å². The number of aryl methyl sites for hydroxylation is 1. The number of ketones is 3. The molecule has 1 aromatic carbocycles. The fourth-order valence-electron chi connectivity index (χ4n) is 2.38. The number of rotatable bonds is 0. The van der Waals surface area contributed by atoms with Gasteiger partial charge in [0.2, 0.25) is 11.6 Å². The van der Waals surface area contributed by atoms with Crippen LogP contribution in [0.15, 0.2) is 18.2 Å². The molecule has 3 nitrogen and oxygen atoms in total. The van der Waals surface area contributed by atoms with Crippen molar-refractivity contribution < 1.29 is 14.4 Å². The number of benzene rings is 1. The van der Waals surface area contributed by atoms with E-state index in [0.29, 0.717) is 5.56 Å². The Balaban J connectivity index is 2.66. The zero-order valence-electron chi connectivity index (χ0n) is 11.0. The van der Waals surface area contributed by atoms with E-state index in [0.717, 1.165) is 5.56 Å². The van der Waals surface area contributed by atoms with Crippen LogP contribution in [0.1, 0.15) is 47.1 Å². The van der Waals surface area contributed by atoms with Crippen LogP contribution < -0.4 is 0 Å². The highest BCUT2D eigenvalue weighted by Gasteiger charge is 2.46. The lowest BCUT2D eigenvalue weighted by Gasteiger charge is -2.31. The van der Waals surface area contributed by atoms with Gasteiger partial charge < -0.3 is 0 Å². The molecule has 0 aliphatic heterocycles. The molecule has 1 aliphatic carbocycles. The zero-order chi connectivity index (χ0) is 13.7. The van der Waals surface area contributed by atoms with E-state index in [-0.39, 0.29) is 11.3 Å². The van der Waals surface area contributed by atoms with Crippen molar-refractivity contribution in [2.75, 3.05) is 0 Å². The van der Waals surface area contributed by atoms with Gasteiger partial charge in [-0.1, -0.05) is 32.4 Å². The SMILES string of the molecule is Cc1ccc2c(c1)C(=O)C(C(C)(C)C)C(=O)C2=O. The minimum Gasteiger partial charge on any atom is -0.293 e. The standard InChI is InChI=1S/C15H16O3/c1-8-5-6-9-10(7-8)12(16)11(15(2,3)4)14(18)13(9)17/h5-7,11H,1-4H3. The Morgan fingerprint density at radius 1 is 0.944 bits per heavy atom. The minimum absolute atomic E-state index is 0.231. The third kappa shape index (κ3) is 1.80. The first-order valence-corrected chi connectivity index (χ1v) is 5.97. The van der Waals surface area contributed by atoms with Crippen molar-refractivity contribution in [2.24, 2.45) is 11.3 Å². The topological polar surface area (TPSA) is 51.2 Å². The first-order valence-electron chi connectivity index (χ1n) is 5.97. The Morgan fingerprint density at radius 2 is 1.56 bits per heavy atom. The molecule has 2 rings (SSSR count). The highest BCUT2D eigenvalue weighted by molar-refractivity contribution is 6.52. The Morgan fingerprint density at radius 3 is 2.11 bits per heavy atom. The van der Waals surface area contributed by atoms with E-state index in [4.69, 9.17) is 0 Å². The predicted octanol–water partition coefficient (Wildman–Crippen LogP) is 2.61. The van der Waals surface area contributed by atoms with Crippen LogP contribution in [0.2, 0.25) is 0 Å². The van der Waals surface area contributed by atoms with Crippen LogP contribution in [0.5, 0.6) is 0 Å². The molecule has 0 spiro atoms. The van der Waals surface area contributed by atoms with Crippen molar-refractivity contribution >= 4 is 17.3 Å². The van der Waals surface area contributed by atoms with Crippen molar-refractivity contribution in [1.29, 1.82) is 0 Å². The van der Waals surface area contributed by atoms with Gasteiger partial charge in [0, 0.05) is 11.1 Å². The summed E-state index contributed by atoms with van der Waals surface area (Å²) in [5.41, 5.74) is 1.01. The molecule has 0 bridgehead atoms. The molecule has 1 unspecified atom stereocenters. The van der Waals surface area contributed by atoms with Gasteiger partial charge in [-0.25, -0.2) is 0 Å². The molecule has 0 saturated heterocycles. The van der Waals surface area contributed by atoms with E-state index in [1.165, 1.54) is 0 Å². The monoisotopic (exact) mass is 244 g/mol.